The number of carbonyl (C=O) groups is 2. The molecule has 0 spiro atoms. The second-order valence-corrected chi connectivity index (χ2v) is 8.58. The summed E-state index contributed by atoms with van der Waals surface area (Å²) in [4.78, 5) is 29.6. The molecule has 0 aliphatic carbocycles. The van der Waals surface area contributed by atoms with E-state index < -0.39 is 29.1 Å². The Morgan fingerprint density at radius 2 is 1.69 bits per heavy atom. The Hall–Kier alpha value is -3.49. The van der Waals surface area contributed by atoms with Crippen LogP contribution >= 0.6 is 23.2 Å². The van der Waals surface area contributed by atoms with E-state index in [9.17, 15) is 18.4 Å². The first kappa shape index (κ1) is 27.1. The smallest absolute Gasteiger partial charge is 0.326 e. The number of hydrogen-bond donors (Lipinski definition) is 2. The summed E-state index contributed by atoms with van der Waals surface area (Å²) in [5.74, 6) is -3.32. The standard InChI is InChI=1S/C26H23Cl2F2N3O3/c1-2-3-7-23(19-13-10-17(27)14-20(19)28)33-36-15-16-8-11-18(12-9-16)31-26(35)32-25(34)24-21(29)5-4-6-22(24)30/h4-6,8-14H,2-3,7,15H2,1H3,(H2,31,32,34,35). The highest BCUT2D eigenvalue weighted by Crippen LogP contribution is 2.24. The van der Waals surface area contributed by atoms with Crippen LogP contribution in [0.15, 0.2) is 65.8 Å². The lowest BCUT2D eigenvalue weighted by molar-refractivity contribution is 0.0959. The summed E-state index contributed by atoms with van der Waals surface area (Å²) in [6.07, 6.45) is 2.58. The van der Waals surface area contributed by atoms with Gasteiger partial charge in [0.15, 0.2) is 0 Å². The molecule has 188 valence electrons. The summed E-state index contributed by atoms with van der Waals surface area (Å²) in [5.41, 5.74) is 1.76. The van der Waals surface area contributed by atoms with Gasteiger partial charge in [0.2, 0.25) is 0 Å². The van der Waals surface area contributed by atoms with Crippen LogP contribution in [0.2, 0.25) is 10.0 Å². The Morgan fingerprint density at radius 1 is 1.00 bits per heavy atom. The first-order valence-corrected chi connectivity index (χ1v) is 11.8. The maximum atomic E-state index is 13.7. The zero-order valence-corrected chi connectivity index (χ0v) is 20.8. The molecule has 6 nitrogen and oxygen atoms in total. The number of urea groups is 1. The highest BCUT2D eigenvalue weighted by molar-refractivity contribution is 6.37. The minimum atomic E-state index is -1.19. The molecule has 0 fully saturated rings. The molecule has 0 aliphatic heterocycles. The van der Waals surface area contributed by atoms with Crippen molar-refractivity contribution in [2.24, 2.45) is 5.16 Å². The Balaban J connectivity index is 1.58. The molecule has 0 saturated heterocycles. The van der Waals surface area contributed by atoms with Gasteiger partial charge in [-0.05, 0) is 54.8 Å². The summed E-state index contributed by atoms with van der Waals surface area (Å²) in [7, 11) is 0. The van der Waals surface area contributed by atoms with Gasteiger partial charge in [0.25, 0.3) is 5.91 Å². The summed E-state index contributed by atoms with van der Waals surface area (Å²) in [6, 6.07) is 13.8. The topological polar surface area (TPSA) is 79.8 Å². The molecule has 3 aromatic carbocycles. The number of rotatable bonds is 9. The van der Waals surface area contributed by atoms with E-state index in [2.05, 4.69) is 17.4 Å². The van der Waals surface area contributed by atoms with Crippen LogP contribution in [0.5, 0.6) is 0 Å². The molecule has 36 heavy (non-hydrogen) atoms. The Labute approximate surface area is 217 Å². The molecule has 3 amide bonds. The van der Waals surface area contributed by atoms with Crippen molar-refractivity contribution in [2.75, 3.05) is 5.32 Å². The molecule has 10 heteroatoms. The number of carbonyl (C=O) groups excluding carboxylic acids is 2. The molecule has 0 heterocycles. The van der Waals surface area contributed by atoms with Crippen molar-refractivity contribution in [1.29, 1.82) is 0 Å². The fraction of sp³-hybridized carbons (Fsp3) is 0.192. The van der Waals surface area contributed by atoms with Gasteiger partial charge in [-0.3, -0.25) is 10.1 Å². The van der Waals surface area contributed by atoms with Crippen molar-refractivity contribution < 1.29 is 23.2 Å². The van der Waals surface area contributed by atoms with E-state index in [0.29, 0.717) is 27.9 Å². The number of nitrogens with zero attached hydrogens (tertiary/aromatic N) is 1. The van der Waals surface area contributed by atoms with Crippen LogP contribution < -0.4 is 10.6 Å². The van der Waals surface area contributed by atoms with Gasteiger partial charge in [-0.1, -0.05) is 66.0 Å². The van der Waals surface area contributed by atoms with Gasteiger partial charge >= 0.3 is 6.03 Å². The van der Waals surface area contributed by atoms with Crippen molar-refractivity contribution in [3.8, 4) is 0 Å². The van der Waals surface area contributed by atoms with Crippen LogP contribution in [-0.2, 0) is 11.4 Å². The molecular weight excluding hydrogens is 511 g/mol. The minimum Gasteiger partial charge on any atom is -0.391 e. The maximum absolute atomic E-state index is 13.7. The quantitative estimate of drug-likeness (QED) is 0.223. The number of unbranched alkanes of at least 4 members (excludes halogenated alkanes) is 1. The normalized spacial score (nSPS) is 11.2. The highest BCUT2D eigenvalue weighted by atomic mass is 35.5. The molecule has 0 saturated carbocycles. The van der Waals surface area contributed by atoms with Gasteiger partial charge in [-0.15, -0.1) is 0 Å². The van der Waals surface area contributed by atoms with Crippen LogP contribution in [0.25, 0.3) is 0 Å². The van der Waals surface area contributed by atoms with E-state index in [4.69, 9.17) is 28.0 Å². The van der Waals surface area contributed by atoms with Gasteiger partial charge in [0.1, 0.15) is 23.8 Å². The number of oxime groups is 1. The van der Waals surface area contributed by atoms with Crippen molar-refractivity contribution in [1.82, 2.24) is 5.32 Å². The second-order valence-electron chi connectivity index (χ2n) is 7.74. The van der Waals surface area contributed by atoms with E-state index >= 15 is 0 Å². The highest BCUT2D eigenvalue weighted by Gasteiger charge is 2.19. The molecule has 0 radical (unpaired) electrons. The first-order chi connectivity index (χ1) is 17.3. The molecule has 0 unspecified atom stereocenters. The minimum absolute atomic E-state index is 0.165. The second kappa shape index (κ2) is 13.0. The van der Waals surface area contributed by atoms with Crippen LogP contribution in [0.4, 0.5) is 19.3 Å². The van der Waals surface area contributed by atoms with Gasteiger partial charge in [0.05, 0.1) is 10.7 Å². The van der Waals surface area contributed by atoms with Crippen LogP contribution in [-0.4, -0.2) is 17.6 Å². The summed E-state index contributed by atoms with van der Waals surface area (Å²) in [5, 5.41) is 9.63. The Kier molecular flexibility index (Phi) is 9.78. The predicted molar refractivity (Wildman–Crippen MR) is 137 cm³/mol. The lowest BCUT2D eigenvalue weighted by Gasteiger charge is -2.10. The third-order valence-corrected chi connectivity index (χ3v) is 5.59. The Morgan fingerprint density at radius 3 is 2.33 bits per heavy atom. The van der Waals surface area contributed by atoms with Crippen molar-refractivity contribution in [3.05, 3.63) is 99.0 Å². The average Bonchev–Trinajstić information content (AvgIpc) is 2.82. The molecule has 0 bridgehead atoms. The van der Waals surface area contributed by atoms with E-state index in [1.807, 2.05) is 5.32 Å². The maximum Gasteiger partial charge on any atom is 0.326 e. The van der Waals surface area contributed by atoms with Gasteiger partial charge in [0, 0.05) is 16.3 Å². The Bertz CT molecular complexity index is 1250. The summed E-state index contributed by atoms with van der Waals surface area (Å²) >= 11 is 12.3. The lowest BCUT2D eigenvalue weighted by Crippen LogP contribution is -2.35. The van der Waals surface area contributed by atoms with Crippen molar-refractivity contribution in [3.63, 3.8) is 0 Å². The average molecular weight is 534 g/mol. The summed E-state index contributed by atoms with van der Waals surface area (Å²) in [6.45, 7) is 2.24. The SMILES string of the molecule is CCCCC(=NOCc1ccc(NC(=O)NC(=O)c2c(F)cccc2F)cc1)c1ccc(Cl)cc1Cl. The molecule has 0 aliphatic rings. The zero-order chi connectivity index (χ0) is 26.1. The largest absolute Gasteiger partial charge is 0.391 e. The number of imide groups is 1. The third-order valence-electron chi connectivity index (χ3n) is 5.04. The number of hydrogen-bond acceptors (Lipinski definition) is 4. The number of nitrogens with one attached hydrogen (secondary N) is 2. The molecule has 2 N–H and O–H groups in total. The number of anilines is 1. The predicted octanol–water partition coefficient (Wildman–Crippen LogP) is 7.34. The van der Waals surface area contributed by atoms with Gasteiger partial charge < -0.3 is 10.2 Å². The van der Waals surface area contributed by atoms with E-state index in [0.717, 1.165) is 42.2 Å². The van der Waals surface area contributed by atoms with Gasteiger partial charge in [-0.25, -0.2) is 13.6 Å². The molecule has 0 atom stereocenters. The first-order valence-electron chi connectivity index (χ1n) is 11.1. The molecule has 3 rings (SSSR count). The molecule has 3 aromatic rings. The third kappa shape index (κ3) is 7.50. The van der Waals surface area contributed by atoms with E-state index in [-0.39, 0.29) is 6.61 Å². The summed E-state index contributed by atoms with van der Waals surface area (Å²) < 4.78 is 27.4. The van der Waals surface area contributed by atoms with Gasteiger partial charge in [-0.2, -0.15) is 0 Å². The van der Waals surface area contributed by atoms with E-state index in [1.54, 1.807) is 42.5 Å². The van der Waals surface area contributed by atoms with Crippen molar-refractivity contribution in [2.45, 2.75) is 32.8 Å². The van der Waals surface area contributed by atoms with Crippen LogP contribution in [0, 0.1) is 11.6 Å². The van der Waals surface area contributed by atoms with Crippen LogP contribution in [0.1, 0.15) is 47.7 Å². The van der Waals surface area contributed by atoms with Crippen molar-refractivity contribution >= 4 is 46.5 Å². The zero-order valence-electron chi connectivity index (χ0n) is 19.3. The number of halogens is 4. The monoisotopic (exact) mass is 533 g/mol. The fourth-order valence-corrected chi connectivity index (χ4v) is 3.73. The number of amides is 3. The molecule has 0 aromatic heterocycles. The fourth-order valence-electron chi connectivity index (χ4n) is 3.21. The van der Waals surface area contributed by atoms with E-state index in [1.165, 1.54) is 0 Å². The van der Waals surface area contributed by atoms with Crippen LogP contribution in [0.3, 0.4) is 0 Å². The lowest BCUT2D eigenvalue weighted by atomic mass is 10.1. The molecular formula is C26H23Cl2F2N3O3. The number of benzene rings is 3.